The fourth-order valence-corrected chi connectivity index (χ4v) is 5.88. The summed E-state index contributed by atoms with van der Waals surface area (Å²) in [4.78, 5) is 65.3. The number of nitrogens with two attached hydrogens (primary N) is 1. The highest BCUT2D eigenvalue weighted by atomic mass is 31.2. The molecule has 11 atom stereocenters. The number of aliphatic hydroxyl groups is 6. The molecule has 25 nitrogen and oxygen atoms in total. The molecule has 0 saturated carbocycles. The molecule has 0 radical (unpaired) electrons. The summed E-state index contributed by atoms with van der Waals surface area (Å²) in [6, 6.07) is -0.672. The smallest absolute Gasteiger partial charge is 0.407 e. The van der Waals surface area contributed by atoms with Crippen LogP contribution >= 0.6 is 7.82 Å². The van der Waals surface area contributed by atoms with E-state index in [2.05, 4.69) is 24.7 Å². The minimum absolute atomic E-state index is 0.00965. The van der Waals surface area contributed by atoms with E-state index in [0.29, 0.717) is 6.61 Å². The number of alkyl carbamates (subject to hydrolysis) is 1. The lowest BCUT2D eigenvalue weighted by Gasteiger charge is -2.50. The van der Waals surface area contributed by atoms with Crippen molar-refractivity contribution in [1.29, 1.82) is 0 Å². The van der Waals surface area contributed by atoms with Crippen molar-refractivity contribution >= 4 is 31.6 Å². The molecular weight excluding hydrogens is 733 g/mol. The topological polar surface area (TPSA) is 385 Å². The molecule has 3 heterocycles. The molecule has 1 aromatic heterocycles. The number of aliphatic hydroxyl groups excluding tert-OH is 6. The zero-order valence-corrected chi connectivity index (χ0v) is 28.2. The third kappa shape index (κ3) is 11.3. The van der Waals surface area contributed by atoms with Crippen LogP contribution < -0.4 is 32.1 Å². The highest BCUT2D eigenvalue weighted by Crippen LogP contribution is 2.48. The molecule has 2 aliphatic rings. The fraction of sp³-hybridized carbons (Fsp3) is 0.731. The Morgan fingerprint density at radius 2 is 1.88 bits per heavy atom. The fourth-order valence-electron chi connectivity index (χ4n) is 4.94. The van der Waals surface area contributed by atoms with Crippen molar-refractivity contribution in [2.24, 2.45) is 0 Å². The van der Waals surface area contributed by atoms with Gasteiger partial charge in [-0.3, -0.25) is 18.5 Å². The number of methoxy groups -OCH3 is 1. The van der Waals surface area contributed by atoms with Gasteiger partial charge in [0.25, 0.3) is 7.82 Å². The molecule has 10 N–H and O–H groups in total. The quantitative estimate of drug-likeness (QED) is 0.0465. The molecule has 0 bridgehead atoms. The van der Waals surface area contributed by atoms with Gasteiger partial charge < -0.3 is 90.0 Å². The SMILES string of the molecule is COCCOCCOC(=O)NCC(=O)NC1C(O)CC(OP(=O)([O-])OCC2OC(n3ccc(N)nc3=O)[C@H](O)[C@@H]2O)(C(=O)[O-])OC1[C@H](O)[C@H](O)CO. The third-order valence-electron chi connectivity index (χ3n) is 7.53. The maximum absolute atomic E-state index is 12.9. The number of aliphatic carboxylic acids is 1. The molecule has 2 fully saturated rings. The van der Waals surface area contributed by atoms with E-state index in [1.54, 1.807) is 0 Å². The highest BCUT2D eigenvalue weighted by molar-refractivity contribution is 7.45. The maximum Gasteiger partial charge on any atom is 0.407 e. The van der Waals surface area contributed by atoms with E-state index in [1.807, 2.05) is 0 Å². The van der Waals surface area contributed by atoms with Gasteiger partial charge in [-0.2, -0.15) is 4.98 Å². The van der Waals surface area contributed by atoms with E-state index >= 15 is 0 Å². The van der Waals surface area contributed by atoms with Crippen LogP contribution in [0.25, 0.3) is 0 Å². The summed E-state index contributed by atoms with van der Waals surface area (Å²) >= 11 is 0. The second kappa shape index (κ2) is 19.1. The van der Waals surface area contributed by atoms with Crippen molar-refractivity contribution in [2.45, 2.75) is 67.2 Å². The van der Waals surface area contributed by atoms with Crippen LogP contribution in [-0.2, 0) is 46.9 Å². The Bertz CT molecular complexity index is 1470. The molecular formula is C26H40N5O20P-2. The molecule has 0 aromatic carbocycles. The number of rotatable bonds is 19. The van der Waals surface area contributed by atoms with Crippen LogP contribution in [0.1, 0.15) is 12.6 Å². The van der Waals surface area contributed by atoms with E-state index < -0.39 is 118 Å². The predicted molar refractivity (Wildman–Crippen MR) is 160 cm³/mol. The molecule has 26 heteroatoms. The summed E-state index contributed by atoms with van der Waals surface area (Å²) < 4.78 is 48.2. The van der Waals surface area contributed by atoms with Gasteiger partial charge in [0.05, 0.1) is 45.2 Å². The first-order chi connectivity index (χ1) is 24.4. The Kier molecular flexibility index (Phi) is 15.8. The minimum atomic E-state index is -5.92. The maximum atomic E-state index is 12.9. The number of nitrogen functional groups attached to an aromatic ring is 1. The summed E-state index contributed by atoms with van der Waals surface area (Å²) in [7, 11) is -4.46. The lowest BCUT2D eigenvalue weighted by atomic mass is 9.88. The summed E-state index contributed by atoms with van der Waals surface area (Å²) in [5.41, 5.74) is 4.43. The lowest BCUT2D eigenvalue weighted by Crippen LogP contribution is -2.70. The van der Waals surface area contributed by atoms with Gasteiger partial charge in [0.2, 0.25) is 11.7 Å². The van der Waals surface area contributed by atoms with Crippen LogP contribution in [-0.4, -0.2) is 166 Å². The molecule has 2 aliphatic heterocycles. The molecule has 0 spiro atoms. The van der Waals surface area contributed by atoms with E-state index in [4.69, 9.17) is 29.4 Å². The van der Waals surface area contributed by atoms with Crippen molar-refractivity contribution in [3.05, 3.63) is 22.7 Å². The summed E-state index contributed by atoms with van der Waals surface area (Å²) in [6.07, 6.45) is -17.1. The van der Waals surface area contributed by atoms with Gasteiger partial charge in [-0.05, 0) is 6.07 Å². The first kappa shape index (κ1) is 43.0. The minimum Gasteiger partial charge on any atom is -0.756 e. The number of aromatic nitrogens is 2. The molecule has 2 saturated heterocycles. The van der Waals surface area contributed by atoms with Gasteiger partial charge in [-0.1, -0.05) is 0 Å². The number of nitrogens with one attached hydrogen (secondary N) is 2. The van der Waals surface area contributed by atoms with E-state index in [9.17, 15) is 64.4 Å². The number of ether oxygens (including phenoxy) is 5. The largest absolute Gasteiger partial charge is 0.756 e. The number of hydrogen-bond donors (Lipinski definition) is 9. The standard InChI is InChI=1S/C26H42N5O20P/c1-45-4-5-46-6-7-47-25(42)28-9-16(35)30-17-12(33)8-26(23(39)40,50-21(17)18(36)13(34)10-32)51-52(43,44)48-11-14-19(37)20(38)22(49-14)31-3-2-15(27)29-24(31)41/h2-3,12-14,17-22,32-34,36-38H,4-11H2,1H3,(H,28,42)(H,30,35)(H,39,40)(H,43,44)(H2,27,29,41)/p-2/t12?,13-,14?,17?,18-,19-,20-,21?,22?,26?/m1/s1. The average molecular weight is 774 g/mol. The Labute approximate surface area is 293 Å². The zero-order chi connectivity index (χ0) is 38.8. The molecule has 3 rings (SSSR count). The monoisotopic (exact) mass is 773 g/mol. The molecule has 296 valence electrons. The van der Waals surface area contributed by atoms with Crippen LogP contribution in [0.3, 0.4) is 0 Å². The number of phosphoric ester groups is 1. The van der Waals surface area contributed by atoms with Crippen molar-refractivity contribution in [3.63, 3.8) is 0 Å². The summed E-state index contributed by atoms with van der Waals surface area (Å²) in [6.45, 7) is -2.78. The number of anilines is 1. The zero-order valence-electron chi connectivity index (χ0n) is 27.3. The number of phosphoric acid groups is 1. The van der Waals surface area contributed by atoms with Crippen LogP contribution in [0, 0.1) is 0 Å². The third-order valence-corrected chi connectivity index (χ3v) is 8.52. The van der Waals surface area contributed by atoms with Gasteiger partial charge in [0.15, 0.2) is 6.23 Å². The Hall–Kier alpha value is -3.40. The number of nitrogens with zero attached hydrogens (tertiary/aromatic N) is 2. The number of hydrogen-bond acceptors (Lipinski definition) is 22. The van der Waals surface area contributed by atoms with Crippen LogP contribution in [0.2, 0.25) is 0 Å². The number of carbonyl (C=O) groups excluding carboxylic acids is 3. The lowest BCUT2D eigenvalue weighted by molar-refractivity contribution is -0.377. The molecule has 52 heavy (non-hydrogen) atoms. The Morgan fingerprint density at radius 3 is 2.52 bits per heavy atom. The van der Waals surface area contributed by atoms with Gasteiger partial charge in [0, 0.05) is 19.7 Å². The van der Waals surface area contributed by atoms with Crippen LogP contribution in [0.4, 0.5) is 10.6 Å². The van der Waals surface area contributed by atoms with Gasteiger partial charge in [-0.15, -0.1) is 0 Å². The van der Waals surface area contributed by atoms with Gasteiger partial charge in [-0.25, -0.2) is 9.59 Å². The first-order valence-corrected chi connectivity index (χ1v) is 16.7. The molecule has 1 aromatic rings. The predicted octanol–water partition coefficient (Wildman–Crippen LogP) is -7.87. The number of carboxylic acid groups (broad SMARTS) is 1. The number of carbonyl (C=O) groups is 3. The second-order valence-corrected chi connectivity index (χ2v) is 12.6. The average Bonchev–Trinajstić information content (AvgIpc) is 3.36. The molecule has 7 unspecified atom stereocenters. The van der Waals surface area contributed by atoms with Crippen molar-refractivity contribution in [2.75, 3.05) is 59.0 Å². The van der Waals surface area contributed by atoms with Gasteiger partial charge in [0.1, 0.15) is 61.6 Å². The second-order valence-electron chi connectivity index (χ2n) is 11.2. The van der Waals surface area contributed by atoms with E-state index in [-0.39, 0.29) is 25.6 Å². The van der Waals surface area contributed by atoms with Crippen molar-refractivity contribution < 1.29 is 92.3 Å². The van der Waals surface area contributed by atoms with E-state index in [1.165, 1.54) is 13.2 Å². The van der Waals surface area contributed by atoms with Crippen LogP contribution in [0.5, 0.6) is 0 Å². The number of carboxylic acids is 1. The summed E-state index contributed by atoms with van der Waals surface area (Å²) in [5, 5.41) is 78.2. The van der Waals surface area contributed by atoms with Crippen molar-refractivity contribution in [3.8, 4) is 0 Å². The molecule has 0 aliphatic carbocycles. The summed E-state index contributed by atoms with van der Waals surface area (Å²) in [5.74, 6) is -7.21. The van der Waals surface area contributed by atoms with Crippen molar-refractivity contribution in [1.82, 2.24) is 20.2 Å². The van der Waals surface area contributed by atoms with E-state index in [0.717, 1.165) is 10.8 Å². The number of amides is 2. The normalized spacial score (nSPS) is 29.8. The van der Waals surface area contributed by atoms with Gasteiger partial charge >= 0.3 is 11.8 Å². The molecule has 2 amide bonds. The Balaban J connectivity index is 1.69. The Morgan fingerprint density at radius 1 is 1.19 bits per heavy atom. The first-order valence-electron chi connectivity index (χ1n) is 15.3. The van der Waals surface area contributed by atoms with Crippen LogP contribution in [0.15, 0.2) is 17.1 Å². The highest BCUT2D eigenvalue weighted by Gasteiger charge is 2.54.